The van der Waals surface area contributed by atoms with Crippen LogP contribution < -0.4 is 0 Å². The van der Waals surface area contributed by atoms with Crippen molar-refractivity contribution in [3.63, 3.8) is 0 Å². The number of esters is 1. The van der Waals surface area contributed by atoms with Gasteiger partial charge in [0.1, 0.15) is 11.2 Å². The quantitative estimate of drug-likeness (QED) is 0.317. The first-order chi connectivity index (χ1) is 18.4. The largest absolute Gasteiger partial charge is 0.469 e. The van der Waals surface area contributed by atoms with Gasteiger partial charge in [0.25, 0.3) is 0 Å². The average Bonchev–Trinajstić information content (AvgIpc) is 3.49. The van der Waals surface area contributed by atoms with Gasteiger partial charge in [-0.15, -0.1) is 0 Å². The van der Waals surface area contributed by atoms with E-state index >= 15 is 0 Å². The lowest BCUT2D eigenvalue weighted by atomic mass is 9.86. The van der Waals surface area contributed by atoms with E-state index in [2.05, 4.69) is 18.6 Å². The van der Waals surface area contributed by atoms with Crippen molar-refractivity contribution in [3.05, 3.63) is 0 Å². The summed E-state index contributed by atoms with van der Waals surface area (Å²) in [6.45, 7) is 4.55. The van der Waals surface area contributed by atoms with Crippen LogP contribution in [-0.4, -0.2) is 96.0 Å². The molecule has 4 saturated heterocycles. The molecule has 0 saturated carbocycles. The summed E-state index contributed by atoms with van der Waals surface area (Å²) in [6.07, 6.45) is 12.9. The number of carbonyl (C=O) groups is 1. The van der Waals surface area contributed by atoms with E-state index in [0.717, 1.165) is 70.6 Å². The second kappa shape index (κ2) is 15.3. The van der Waals surface area contributed by atoms with Gasteiger partial charge in [0.05, 0.1) is 56.9 Å². The van der Waals surface area contributed by atoms with Crippen LogP contribution in [0.1, 0.15) is 104 Å². The predicted octanol–water partition coefficient (Wildman–Crippen LogP) is 3.43. The molecule has 4 rings (SSSR count). The maximum Gasteiger partial charge on any atom is 0.305 e. The molecule has 9 heteroatoms. The third kappa shape index (κ3) is 7.89. The van der Waals surface area contributed by atoms with Crippen molar-refractivity contribution in [2.45, 2.75) is 152 Å². The number of fused-ring (bicyclic) bond motifs is 2. The highest BCUT2D eigenvalue weighted by molar-refractivity contribution is 5.69. The summed E-state index contributed by atoms with van der Waals surface area (Å²) < 4.78 is 29.0. The molecular formula is C29H52O9. The van der Waals surface area contributed by atoms with Crippen molar-refractivity contribution in [3.8, 4) is 0 Å². The minimum Gasteiger partial charge on any atom is -0.469 e. The van der Waals surface area contributed by atoms with Crippen molar-refractivity contribution in [1.29, 1.82) is 0 Å². The lowest BCUT2D eigenvalue weighted by Gasteiger charge is -2.40. The molecule has 222 valence electrons. The molecule has 3 N–H and O–H groups in total. The second-order valence-electron chi connectivity index (χ2n) is 11.5. The summed E-state index contributed by atoms with van der Waals surface area (Å²) in [7, 11) is 1.39. The molecule has 0 unspecified atom stereocenters. The van der Waals surface area contributed by atoms with Crippen LogP contribution in [0.2, 0.25) is 0 Å². The number of hydrogen-bond donors (Lipinski definition) is 3. The minimum absolute atomic E-state index is 0.00734. The molecule has 0 aromatic rings. The summed E-state index contributed by atoms with van der Waals surface area (Å²) in [5.74, 6) is -0.216. The van der Waals surface area contributed by atoms with Gasteiger partial charge < -0.3 is 39.0 Å². The maximum absolute atomic E-state index is 11.2. The highest BCUT2D eigenvalue weighted by Crippen LogP contribution is 2.44. The van der Waals surface area contributed by atoms with Gasteiger partial charge >= 0.3 is 5.97 Å². The predicted molar refractivity (Wildman–Crippen MR) is 142 cm³/mol. The molecule has 4 aliphatic heterocycles. The highest BCUT2D eigenvalue weighted by atomic mass is 16.6. The van der Waals surface area contributed by atoms with E-state index in [9.17, 15) is 15.0 Å². The fourth-order valence-electron chi connectivity index (χ4n) is 6.71. The Morgan fingerprint density at radius 1 is 0.763 bits per heavy atom. The molecule has 4 heterocycles. The molecule has 0 aliphatic carbocycles. The Morgan fingerprint density at radius 2 is 1.26 bits per heavy atom. The molecule has 0 aromatic heterocycles. The van der Waals surface area contributed by atoms with Crippen molar-refractivity contribution in [1.82, 2.24) is 0 Å². The van der Waals surface area contributed by atoms with Gasteiger partial charge in [-0.3, -0.25) is 4.79 Å². The minimum atomic E-state index is -0.557. The molecule has 38 heavy (non-hydrogen) atoms. The molecule has 0 radical (unpaired) electrons. The Hall–Kier alpha value is -0.810. The van der Waals surface area contributed by atoms with E-state index in [4.69, 9.17) is 24.1 Å². The van der Waals surface area contributed by atoms with Crippen LogP contribution in [0.4, 0.5) is 0 Å². The number of hydrogen-bond acceptors (Lipinski definition) is 9. The van der Waals surface area contributed by atoms with E-state index in [1.807, 2.05) is 0 Å². The topological polar surface area (TPSA) is 124 Å². The lowest BCUT2D eigenvalue weighted by Crippen LogP contribution is -2.51. The molecule has 0 aromatic carbocycles. The van der Waals surface area contributed by atoms with Crippen LogP contribution >= 0.6 is 0 Å². The Kier molecular flexibility index (Phi) is 12.7. The van der Waals surface area contributed by atoms with E-state index in [1.54, 1.807) is 0 Å². The molecule has 4 fully saturated rings. The smallest absolute Gasteiger partial charge is 0.305 e. The van der Waals surface area contributed by atoms with E-state index in [0.29, 0.717) is 19.3 Å². The second-order valence-corrected chi connectivity index (χ2v) is 11.5. The Bertz CT molecular complexity index is 706. The Balaban J connectivity index is 0.000000212. The van der Waals surface area contributed by atoms with Crippen LogP contribution in [0.25, 0.3) is 0 Å². The number of aliphatic hydroxyl groups excluding tert-OH is 3. The van der Waals surface area contributed by atoms with Gasteiger partial charge in [0, 0.05) is 25.9 Å². The van der Waals surface area contributed by atoms with Crippen LogP contribution in [0.5, 0.6) is 0 Å². The summed E-state index contributed by atoms with van der Waals surface area (Å²) in [5.41, 5.74) is -1.03. The first-order valence-electron chi connectivity index (χ1n) is 14.9. The first kappa shape index (κ1) is 31.7. The number of rotatable bonds is 12. The van der Waals surface area contributed by atoms with Crippen LogP contribution in [0.3, 0.4) is 0 Å². The first-order valence-corrected chi connectivity index (χ1v) is 14.9. The monoisotopic (exact) mass is 544 g/mol. The molecule has 0 spiro atoms. The fraction of sp³-hybridized carbons (Fsp3) is 0.966. The van der Waals surface area contributed by atoms with Gasteiger partial charge in [0.15, 0.2) is 0 Å². The van der Waals surface area contributed by atoms with Gasteiger partial charge in [-0.05, 0) is 57.8 Å². The summed E-state index contributed by atoms with van der Waals surface area (Å²) in [6, 6.07) is 0. The Morgan fingerprint density at radius 3 is 1.68 bits per heavy atom. The van der Waals surface area contributed by atoms with Gasteiger partial charge in [-0.1, -0.05) is 26.7 Å². The number of ether oxygens (including phenoxy) is 5. The molecular weight excluding hydrogens is 492 g/mol. The zero-order chi connectivity index (χ0) is 27.6. The highest BCUT2D eigenvalue weighted by Gasteiger charge is 2.53. The van der Waals surface area contributed by atoms with Gasteiger partial charge in [-0.25, -0.2) is 0 Å². The lowest BCUT2D eigenvalue weighted by molar-refractivity contribution is -0.183. The average molecular weight is 545 g/mol. The molecule has 0 amide bonds. The molecule has 4 aliphatic rings. The SMILES string of the molecule is CCC[C@H]1CC[C@@H]2O[C@@H](CCC(=O)OC)C[C@]2(CO)O1.CCC[C@H]1CC[C@@H]2O[C@@H](CCCO)C[C@]2(CO)O1. The van der Waals surface area contributed by atoms with Gasteiger partial charge in [-0.2, -0.15) is 0 Å². The van der Waals surface area contributed by atoms with Crippen LogP contribution in [0, 0.1) is 0 Å². The molecule has 9 nitrogen and oxygen atoms in total. The Labute approximate surface area is 228 Å². The fourth-order valence-corrected chi connectivity index (χ4v) is 6.71. The summed E-state index contributed by atoms with van der Waals surface area (Å²) in [5, 5.41) is 28.4. The summed E-state index contributed by atoms with van der Waals surface area (Å²) >= 11 is 0. The number of carbonyl (C=O) groups excluding carboxylic acids is 1. The molecule has 8 atom stereocenters. The van der Waals surface area contributed by atoms with Crippen molar-refractivity contribution in [2.75, 3.05) is 26.9 Å². The number of methoxy groups -OCH3 is 1. The van der Waals surface area contributed by atoms with Crippen molar-refractivity contribution in [2.24, 2.45) is 0 Å². The number of aliphatic hydroxyl groups is 3. The normalized spacial score (nSPS) is 38.2. The van der Waals surface area contributed by atoms with Crippen LogP contribution in [-0.2, 0) is 28.5 Å². The van der Waals surface area contributed by atoms with E-state index < -0.39 is 11.2 Å². The van der Waals surface area contributed by atoms with E-state index in [-0.39, 0.29) is 62.4 Å². The standard InChI is InChI=1S/C15H26O5.C14H26O4/c1-3-4-11-5-7-13-15(10-16,20-11)9-12(19-13)6-8-14(17)18-2;1-2-4-11-6-7-13-14(10-16,18-11)9-12(17-13)5-3-8-15/h11-13,16H,3-10H2,1-2H3;11-13,15-16H,2-10H2,1H3/t11-,12-,13-,15+;11-,12-,13-,14+/m00/s1. The van der Waals surface area contributed by atoms with Crippen LogP contribution in [0.15, 0.2) is 0 Å². The third-order valence-corrected chi connectivity index (χ3v) is 8.68. The van der Waals surface area contributed by atoms with Crippen molar-refractivity contribution < 1.29 is 43.8 Å². The maximum atomic E-state index is 11.2. The van der Waals surface area contributed by atoms with Crippen molar-refractivity contribution >= 4 is 5.97 Å². The molecule has 0 bridgehead atoms. The zero-order valence-corrected chi connectivity index (χ0v) is 23.8. The summed E-state index contributed by atoms with van der Waals surface area (Å²) in [4.78, 5) is 11.2. The third-order valence-electron chi connectivity index (χ3n) is 8.68. The zero-order valence-electron chi connectivity index (χ0n) is 23.8. The van der Waals surface area contributed by atoms with Gasteiger partial charge in [0.2, 0.25) is 0 Å². The van der Waals surface area contributed by atoms with E-state index in [1.165, 1.54) is 7.11 Å².